The SMILES string of the molecule is CC(C)(C)Nc1nc(Cc2ccccc2)nc(-c2nc(F)ccc2F)n1. The number of pyridine rings is 1. The first-order valence-electron chi connectivity index (χ1n) is 8.20. The third-order valence-corrected chi connectivity index (χ3v) is 3.40. The Kier molecular flexibility index (Phi) is 4.88. The van der Waals surface area contributed by atoms with Gasteiger partial charge in [-0.3, -0.25) is 0 Å². The molecule has 3 aromatic rings. The van der Waals surface area contributed by atoms with Gasteiger partial charge < -0.3 is 5.32 Å². The molecule has 0 fully saturated rings. The van der Waals surface area contributed by atoms with Gasteiger partial charge in [0.2, 0.25) is 11.9 Å². The summed E-state index contributed by atoms with van der Waals surface area (Å²) in [5.41, 5.74) is 0.453. The second-order valence-corrected chi connectivity index (χ2v) is 6.90. The van der Waals surface area contributed by atoms with Crippen LogP contribution in [-0.2, 0) is 6.42 Å². The molecule has 2 heterocycles. The Hall–Kier alpha value is -2.96. The zero-order valence-electron chi connectivity index (χ0n) is 14.8. The third-order valence-electron chi connectivity index (χ3n) is 3.40. The lowest BCUT2D eigenvalue weighted by molar-refractivity contribution is 0.562. The summed E-state index contributed by atoms with van der Waals surface area (Å²) in [6.07, 6.45) is 0.437. The average Bonchev–Trinajstić information content (AvgIpc) is 2.56. The molecule has 1 aromatic carbocycles. The van der Waals surface area contributed by atoms with Crippen LogP contribution in [-0.4, -0.2) is 25.5 Å². The molecule has 0 unspecified atom stereocenters. The van der Waals surface area contributed by atoms with Gasteiger partial charge in [-0.05, 0) is 38.5 Å². The highest BCUT2D eigenvalue weighted by atomic mass is 19.1. The van der Waals surface area contributed by atoms with Crippen LogP contribution < -0.4 is 5.32 Å². The van der Waals surface area contributed by atoms with Gasteiger partial charge in [0.25, 0.3) is 0 Å². The van der Waals surface area contributed by atoms with Gasteiger partial charge in [0.1, 0.15) is 11.5 Å². The summed E-state index contributed by atoms with van der Waals surface area (Å²) in [7, 11) is 0. The van der Waals surface area contributed by atoms with Crippen molar-refractivity contribution in [3.63, 3.8) is 0 Å². The number of rotatable bonds is 4. The lowest BCUT2D eigenvalue weighted by Crippen LogP contribution is -2.28. The van der Waals surface area contributed by atoms with Gasteiger partial charge in [0.15, 0.2) is 11.6 Å². The van der Waals surface area contributed by atoms with Crippen molar-refractivity contribution in [2.24, 2.45) is 0 Å². The first kappa shape index (κ1) is 17.8. The topological polar surface area (TPSA) is 63.6 Å². The molecule has 0 aliphatic heterocycles. The van der Waals surface area contributed by atoms with Gasteiger partial charge in [-0.25, -0.2) is 14.4 Å². The van der Waals surface area contributed by atoms with Gasteiger partial charge >= 0.3 is 0 Å². The van der Waals surface area contributed by atoms with Crippen LogP contribution in [0.15, 0.2) is 42.5 Å². The van der Waals surface area contributed by atoms with E-state index in [0.29, 0.717) is 18.2 Å². The van der Waals surface area contributed by atoms with Gasteiger partial charge in [0.05, 0.1) is 0 Å². The van der Waals surface area contributed by atoms with Crippen LogP contribution in [0.25, 0.3) is 11.5 Å². The smallest absolute Gasteiger partial charge is 0.226 e. The molecule has 0 spiro atoms. The minimum atomic E-state index is -0.795. The first-order valence-corrected chi connectivity index (χ1v) is 8.20. The predicted octanol–water partition coefficient (Wildman–Crippen LogP) is 4.01. The molecule has 2 aromatic heterocycles. The lowest BCUT2D eigenvalue weighted by Gasteiger charge is -2.21. The highest BCUT2D eigenvalue weighted by Gasteiger charge is 2.18. The Morgan fingerprint density at radius 3 is 2.31 bits per heavy atom. The highest BCUT2D eigenvalue weighted by molar-refractivity contribution is 5.52. The Bertz CT molecular complexity index is 908. The molecule has 0 aliphatic carbocycles. The quantitative estimate of drug-likeness (QED) is 0.717. The Morgan fingerprint density at radius 2 is 1.62 bits per heavy atom. The summed E-state index contributed by atoms with van der Waals surface area (Å²) in [4.78, 5) is 16.6. The molecule has 0 aliphatic rings. The summed E-state index contributed by atoms with van der Waals surface area (Å²) in [6, 6.07) is 11.6. The van der Waals surface area contributed by atoms with Gasteiger partial charge in [0, 0.05) is 12.0 Å². The molecular weight excluding hydrogens is 336 g/mol. The Morgan fingerprint density at radius 1 is 0.885 bits per heavy atom. The van der Waals surface area contributed by atoms with E-state index in [9.17, 15) is 8.78 Å². The van der Waals surface area contributed by atoms with Crippen LogP contribution in [0.2, 0.25) is 0 Å². The molecular formula is C19H19F2N5. The fourth-order valence-electron chi connectivity index (χ4n) is 2.35. The molecule has 0 atom stereocenters. The minimum Gasteiger partial charge on any atom is -0.350 e. The highest BCUT2D eigenvalue weighted by Crippen LogP contribution is 2.20. The monoisotopic (exact) mass is 355 g/mol. The van der Waals surface area contributed by atoms with E-state index < -0.39 is 11.8 Å². The fourth-order valence-corrected chi connectivity index (χ4v) is 2.35. The molecule has 3 rings (SSSR count). The van der Waals surface area contributed by atoms with E-state index in [0.717, 1.165) is 17.7 Å². The fraction of sp³-hybridized carbons (Fsp3) is 0.263. The average molecular weight is 355 g/mol. The normalized spacial score (nSPS) is 11.4. The molecule has 0 saturated carbocycles. The molecule has 0 radical (unpaired) electrons. The van der Waals surface area contributed by atoms with Crippen molar-refractivity contribution in [1.29, 1.82) is 0 Å². The summed E-state index contributed by atoms with van der Waals surface area (Å²) >= 11 is 0. The maximum Gasteiger partial charge on any atom is 0.226 e. The first-order chi connectivity index (χ1) is 12.3. The molecule has 134 valence electrons. The van der Waals surface area contributed by atoms with Crippen LogP contribution in [0.3, 0.4) is 0 Å². The molecule has 1 N–H and O–H groups in total. The maximum atomic E-state index is 14.1. The van der Waals surface area contributed by atoms with Crippen LogP contribution in [0.1, 0.15) is 32.2 Å². The van der Waals surface area contributed by atoms with Crippen molar-refractivity contribution in [3.05, 3.63) is 65.6 Å². The van der Waals surface area contributed by atoms with E-state index >= 15 is 0 Å². The standard InChI is InChI=1S/C19H19F2N5/c1-19(2,3)26-18-24-15(11-12-7-5-4-6-8-12)23-17(25-18)16-13(20)9-10-14(21)22-16/h4-10H,11H2,1-3H3,(H,23,24,25,26). The van der Waals surface area contributed by atoms with E-state index in [4.69, 9.17) is 0 Å². The van der Waals surface area contributed by atoms with E-state index in [1.165, 1.54) is 0 Å². The Labute approximate surface area is 150 Å². The predicted molar refractivity (Wildman–Crippen MR) is 95.6 cm³/mol. The van der Waals surface area contributed by atoms with Crippen LogP contribution in [0.5, 0.6) is 0 Å². The molecule has 0 amide bonds. The van der Waals surface area contributed by atoms with Gasteiger partial charge in [-0.2, -0.15) is 14.4 Å². The second kappa shape index (κ2) is 7.11. The summed E-state index contributed by atoms with van der Waals surface area (Å²) in [5.74, 6) is -0.756. The van der Waals surface area contributed by atoms with Crippen LogP contribution in [0, 0.1) is 11.8 Å². The van der Waals surface area contributed by atoms with Crippen molar-refractivity contribution in [2.75, 3.05) is 5.32 Å². The molecule has 5 nitrogen and oxygen atoms in total. The van der Waals surface area contributed by atoms with E-state index in [1.807, 2.05) is 51.1 Å². The van der Waals surface area contributed by atoms with Crippen LogP contribution >= 0.6 is 0 Å². The van der Waals surface area contributed by atoms with Crippen molar-refractivity contribution in [1.82, 2.24) is 19.9 Å². The molecule has 0 saturated heterocycles. The molecule has 7 heteroatoms. The Balaban J connectivity index is 2.06. The number of benzene rings is 1. The number of aromatic nitrogens is 4. The number of hydrogen-bond donors (Lipinski definition) is 1. The minimum absolute atomic E-state index is 0.00492. The number of halogens is 2. The van der Waals surface area contributed by atoms with E-state index in [-0.39, 0.29) is 17.1 Å². The zero-order chi connectivity index (χ0) is 18.7. The second-order valence-electron chi connectivity index (χ2n) is 6.90. The van der Waals surface area contributed by atoms with E-state index in [1.54, 1.807) is 0 Å². The van der Waals surface area contributed by atoms with Gasteiger partial charge in [-0.1, -0.05) is 30.3 Å². The summed E-state index contributed by atoms with van der Waals surface area (Å²) < 4.78 is 27.6. The lowest BCUT2D eigenvalue weighted by atomic mass is 10.1. The van der Waals surface area contributed by atoms with E-state index in [2.05, 4.69) is 25.3 Å². The number of nitrogens with one attached hydrogen (secondary N) is 1. The largest absolute Gasteiger partial charge is 0.350 e. The number of anilines is 1. The summed E-state index contributed by atoms with van der Waals surface area (Å²) in [5, 5.41) is 3.15. The van der Waals surface area contributed by atoms with Crippen LogP contribution in [0.4, 0.5) is 14.7 Å². The summed E-state index contributed by atoms with van der Waals surface area (Å²) in [6.45, 7) is 5.86. The maximum absolute atomic E-state index is 14.1. The molecule has 26 heavy (non-hydrogen) atoms. The zero-order valence-corrected chi connectivity index (χ0v) is 14.8. The third kappa shape index (κ3) is 4.56. The van der Waals surface area contributed by atoms with Crippen molar-refractivity contribution in [2.45, 2.75) is 32.7 Å². The molecule has 0 bridgehead atoms. The van der Waals surface area contributed by atoms with Gasteiger partial charge in [-0.15, -0.1) is 0 Å². The number of nitrogens with zero attached hydrogens (tertiary/aromatic N) is 4. The number of hydrogen-bond acceptors (Lipinski definition) is 5. The van der Waals surface area contributed by atoms with Crippen molar-refractivity contribution in [3.8, 4) is 11.5 Å². The van der Waals surface area contributed by atoms with Crippen molar-refractivity contribution < 1.29 is 8.78 Å². The van der Waals surface area contributed by atoms with Crippen molar-refractivity contribution >= 4 is 5.95 Å².